The van der Waals surface area contributed by atoms with Crippen LogP contribution in [-0.2, 0) is 4.79 Å². The predicted molar refractivity (Wildman–Crippen MR) is 75.2 cm³/mol. The summed E-state index contributed by atoms with van der Waals surface area (Å²) in [6.07, 6.45) is 4.60. The molecule has 3 fully saturated rings. The first-order chi connectivity index (χ1) is 9.13. The second-order valence-corrected chi connectivity index (χ2v) is 6.85. The third kappa shape index (κ3) is 2.74. The van der Waals surface area contributed by atoms with Gasteiger partial charge in [0.15, 0.2) is 0 Å². The second kappa shape index (κ2) is 5.32. The van der Waals surface area contributed by atoms with E-state index in [9.17, 15) is 9.59 Å². The fourth-order valence-electron chi connectivity index (χ4n) is 3.39. The third-order valence-electron chi connectivity index (χ3n) is 4.56. The number of fused-ring (bicyclic) bond motifs is 2. The second-order valence-electron chi connectivity index (χ2n) is 5.80. The zero-order valence-electron chi connectivity index (χ0n) is 11.3. The molecule has 0 radical (unpaired) electrons. The Morgan fingerprint density at radius 1 is 1.42 bits per heavy atom. The first-order valence-electron chi connectivity index (χ1n) is 7.07. The van der Waals surface area contributed by atoms with Crippen molar-refractivity contribution in [2.24, 2.45) is 0 Å². The van der Waals surface area contributed by atoms with Crippen LogP contribution < -0.4 is 5.32 Å². The molecule has 6 heteroatoms. The molecule has 2 atom stereocenters. The van der Waals surface area contributed by atoms with Gasteiger partial charge < -0.3 is 15.1 Å². The number of carbonyl (C=O) groups excluding carboxylic acids is 2. The normalized spacial score (nSPS) is 33.8. The number of carbonyl (C=O) groups is 2. The Bertz CT molecular complexity index is 378. The molecule has 0 aromatic rings. The van der Waals surface area contributed by atoms with Gasteiger partial charge in [-0.15, -0.1) is 0 Å². The monoisotopic (exact) mass is 283 g/mol. The number of amides is 2. The number of rotatable bonds is 3. The van der Waals surface area contributed by atoms with Crippen LogP contribution in [0.4, 0.5) is 4.79 Å². The molecule has 2 amide bonds. The van der Waals surface area contributed by atoms with Crippen molar-refractivity contribution in [3.63, 3.8) is 0 Å². The van der Waals surface area contributed by atoms with Crippen LogP contribution in [0.2, 0.25) is 0 Å². The summed E-state index contributed by atoms with van der Waals surface area (Å²) < 4.78 is 0. The summed E-state index contributed by atoms with van der Waals surface area (Å²) in [6.45, 7) is 0.960. The zero-order chi connectivity index (χ0) is 13.4. The Labute approximate surface area is 118 Å². The van der Waals surface area contributed by atoms with Crippen molar-refractivity contribution in [2.75, 3.05) is 25.9 Å². The van der Waals surface area contributed by atoms with Crippen LogP contribution in [0, 0.1) is 0 Å². The predicted octanol–water partition coefficient (Wildman–Crippen LogP) is 0.897. The van der Waals surface area contributed by atoms with Crippen molar-refractivity contribution in [3.05, 3.63) is 0 Å². The molecule has 106 valence electrons. The van der Waals surface area contributed by atoms with Gasteiger partial charge in [-0.3, -0.25) is 9.59 Å². The molecule has 2 unspecified atom stereocenters. The maximum atomic E-state index is 12.3. The lowest BCUT2D eigenvalue weighted by Crippen LogP contribution is -2.50. The van der Waals surface area contributed by atoms with Gasteiger partial charge in [0.25, 0.3) is 5.24 Å². The maximum Gasteiger partial charge on any atom is 0.282 e. The average Bonchev–Trinajstić information content (AvgIpc) is 2.95. The van der Waals surface area contributed by atoms with Crippen LogP contribution in [0.3, 0.4) is 0 Å². The average molecular weight is 283 g/mol. The minimum absolute atomic E-state index is 0.0483. The molecule has 1 N–H and O–H groups in total. The molecule has 0 spiro atoms. The molecular weight excluding hydrogens is 262 g/mol. The van der Waals surface area contributed by atoms with E-state index in [1.807, 2.05) is 11.9 Å². The highest BCUT2D eigenvalue weighted by Crippen LogP contribution is 2.29. The lowest BCUT2D eigenvalue weighted by atomic mass is 9.98. The fourth-order valence-corrected chi connectivity index (χ4v) is 4.22. The van der Waals surface area contributed by atoms with E-state index in [4.69, 9.17) is 0 Å². The van der Waals surface area contributed by atoms with E-state index >= 15 is 0 Å². The number of piperidine rings is 1. The number of thioether (sulfide) groups is 1. The Morgan fingerprint density at radius 2 is 2.11 bits per heavy atom. The number of likely N-dealkylation sites (N-methyl/N-ethyl adjacent to an activating group) is 1. The van der Waals surface area contributed by atoms with Crippen LogP contribution in [0.15, 0.2) is 0 Å². The summed E-state index contributed by atoms with van der Waals surface area (Å²) in [6, 6.07) is 1.52. The molecule has 0 aliphatic carbocycles. The fraction of sp³-hybridized carbons (Fsp3) is 0.846. The van der Waals surface area contributed by atoms with Gasteiger partial charge in [0.2, 0.25) is 5.91 Å². The van der Waals surface area contributed by atoms with Gasteiger partial charge in [0, 0.05) is 37.5 Å². The molecule has 5 nitrogen and oxygen atoms in total. The summed E-state index contributed by atoms with van der Waals surface area (Å²) in [4.78, 5) is 27.4. The lowest BCUT2D eigenvalue weighted by molar-refractivity contribution is -0.133. The molecule has 3 rings (SSSR count). The molecule has 2 bridgehead atoms. The lowest BCUT2D eigenvalue weighted by Gasteiger charge is -2.36. The van der Waals surface area contributed by atoms with Crippen molar-refractivity contribution in [1.29, 1.82) is 0 Å². The molecule has 3 aliphatic rings. The summed E-state index contributed by atoms with van der Waals surface area (Å²) in [7, 11) is 1.89. The molecule has 3 saturated heterocycles. The van der Waals surface area contributed by atoms with Crippen LogP contribution in [-0.4, -0.2) is 65.0 Å². The van der Waals surface area contributed by atoms with Gasteiger partial charge in [0.1, 0.15) is 6.54 Å². The minimum Gasteiger partial charge on any atom is -0.341 e. The van der Waals surface area contributed by atoms with Crippen molar-refractivity contribution in [2.45, 2.75) is 43.8 Å². The summed E-state index contributed by atoms with van der Waals surface area (Å²) in [5.74, 6) is 0.898. The van der Waals surface area contributed by atoms with Crippen LogP contribution in [0.1, 0.15) is 25.7 Å². The van der Waals surface area contributed by atoms with Crippen molar-refractivity contribution >= 4 is 22.9 Å². The number of hydrogen-bond donors (Lipinski definition) is 1. The van der Waals surface area contributed by atoms with Gasteiger partial charge in [-0.25, -0.2) is 0 Å². The van der Waals surface area contributed by atoms with E-state index in [1.165, 1.54) is 24.6 Å². The van der Waals surface area contributed by atoms with E-state index in [0.717, 1.165) is 18.6 Å². The number of hydrogen-bond acceptors (Lipinski definition) is 4. The topological polar surface area (TPSA) is 52.7 Å². The Kier molecular flexibility index (Phi) is 3.71. The highest BCUT2D eigenvalue weighted by molar-refractivity contribution is 8.13. The van der Waals surface area contributed by atoms with E-state index < -0.39 is 0 Å². The van der Waals surface area contributed by atoms with Gasteiger partial charge in [-0.1, -0.05) is 11.8 Å². The van der Waals surface area contributed by atoms with Gasteiger partial charge in [-0.2, -0.15) is 0 Å². The van der Waals surface area contributed by atoms with Crippen molar-refractivity contribution in [1.82, 2.24) is 15.1 Å². The highest BCUT2D eigenvalue weighted by atomic mass is 32.2. The number of nitrogens with one attached hydrogen (secondary N) is 1. The molecule has 0 saturated carbocycles. The van der Waals surface area contributed by atoms with E-state index in [1.54, 1.807) is 4.90 Å². The molecule has 3 aliphatic heterocycles. The van der Waals surface area contributed by atoms with Crippen LogP contribution in [0.25, 0.3) is 0 Å². The van der Waals surface area contributed by atoms with E-state index in [2.05, 4.69) is 5.32 Å². The Hall–Kier alpha value is -0.750. The molecule has 0 aromatic carbocycles. The third-order valence-corrected chi connectivity index (χ3v) is 5.45. The highest BCUT2D eigenvalue weighted by Gasteiger charge is 2.37. The van der Waals surface area contributed by atoms with E-state index in [0.29, 0.717) is 24.7 Å². The SMILES string of the molecule is CN(C(=O)CN1CCSC1=O)C1CC2CCC(C1)N2. The largest absolute Gasteiger partial charge is 0.341 e. The molecule has 19 heavy (non-hydrogen) atoms. The van der Waals surface area contributed by atoms with Crippen molar-refractivity contribution < 1.29 is 9.59 Å². The Morgan fingerprint density at radius 3 is 2.68 bits per heavy atom. The van der Waals surface area contributed by atoms with Gasteiger partial charge in [0.05, 0.1) is 0 Å². The smallest absolute Gasteiger partial charge is 0.282 e. The molecule has 0 aromatic heterocycles. The quantitative estimate of drug-likeness (QED) is 0.836. The first kappa shape index (κ1) is 13.2. The summed E-state index contributed by atoms with van der Waals surface area (Å²) in [5, 5.41) is 3.64. The first-order valence-corrected chi connectivity index (χ1v) is 8.05. The van der Waals surface area contributed by atoms with Crippen molar-refractivity contribution in [3.8, 4) is 0 Å². The molecular formula is C13H21N3O2S. The summed E-state index contributed by atoms with van der Waals surface area (Å²) >= 11 is 1.31. The number of nitrogens with zero attached hydrogens (tertiary/aromatic N) is 2. The van der Waals surface area contributed by atoms with Gasteiger partial charge in [-0.05, 0) is 25.7 Å². The summed E-state index contributed by atoms with van der Waals surface area (Å²) in [5.41, 5.74) is 0. The standard InChI is InChI=1S/C13H21N3O2S/c1-15(11-6-9-2-3-10(7-11)14-9)12(17)8-16-4-5-19-13(16)18/h9-11,14H,2-8H2,1H3. The van der Waals surface area contributed by atoms with Gasteiger partial charge >= 0.3 is 0 Å². The van der Waals surface area contributed by atoms with E-state index in [-0.39, 0.29) is 17.7 Å². The Balaban J connectivity index is 1.56. The zero-order valence-corrected chi connectivity index (χ0v) is 12.1. The minimum atomic E-state index is 0.0483. The maximum absolute atomic E-state index is 12.3. The molecule has 3 heterocycles. The van der Waals surface area contributed by atoms with Crippen LogP contribution >= 0.6 is 11.8 Å². The van der Waals surface area contributed by atoms with Crippen LogP contribution in [0.5, 0.6) is 0 Å².